The molecule has 0 aliphatic rings. The van der Waals surface area contributed by atoms with Crippen LogP contribution in [0.5, 0.6) is 23.0 Å². The van der Waals surface area contributed by atoms with Crippen molar-refractivity contribution in [2.75, 3.05) is 11.5 Å². The van der Waals surface area contributed by atoms with E-state index >= 15 is 22.0 Å². The van der Waals surface area contributed by atoms with E-state index in [0.29, 0.717) is 12.1 Å². The summed E-state index contributed by atoms with van der Waals surface area (Å²) in [5.74, 6) is -16.9. The lowest BCUT2D eigenvalue weighted by Gasteiger charge is -2.46. The summed E-state index contributed by atoms with van der Waals surface area (Å²) >= 11 is 0. The van der Waals surface area contributed by atoms with Gasteiger partial charge in [-0.25, -0.2) is 0 Å². The van der Waals surface area contributed by atoms with Gasteiger partial charge in [-0.05, 0) is 60.7 Å². The molecule has 43 heavy (non-hydrogen) atoms. The topological polar surface area (TPSA) is 70.5 Å². The highest BCUT2D eigenvalue weighted by Gasteiger charge is 2.86. The molecule has 0 amide bonds. The monoisotopic (exact) mass is 618 g/mol. The molecule has 4 aromatic carbocycles. The van der Waals surface area contributed by atoms with Crippen molar-refractivity contribution in [3.63, 3.8) is 0 Å². The third kappa shape index (κ3) is 5.37. The summed E-state index contributed by atoms with van der Waals surface area (Å²) in [6, 6.07) is 15.1. The fourth-order valence-corrected chi connectivity index (χ4v) is 4.44. The minimum Gasteiger partial charge on any atom is -0.457 e. The molecule has 0 aliphatic carbocycles. The molecular weight excluding hydrogens is 598 g/mol. The Balaban J connectivity index is 2.12. The highest BCUT2D eigenvalue weighted by atomic mass is 19.4. The van der Waals surface area contributed by atoms with E-state index in [-0.39, 0.29) is 22.9 Å². The number of ether oxygens (including phenoxy) is 2. The van der Waals surface area contributed by atoms with Gasteiger partial charge in [0.2, 0.25) is 0 Å². The number of nitrogens with two attached hydrogens (primary N) is 2. The van der Waals surface area contributed by atoms with Crippen LogP contribution in [-0.2, 0) is 5.41 Å². The van der Waals surface area contributed by atoms with Gasteiger partial charge in [-0.3, -0.25) is 0 Å². The van der Waals surface area contributed by atoms with Gasteiger partial charge in [0.15, 0.2) is 5.41 Å². The van der Waals surface area contributed by atoms with Crippen LogP contribution in [0.3, 0.4) is 0 Å². The van der Waals surface area contributed by atoms with E-state index in [4.69, 9.17) is 20.9 Å². The summed E-state index contributed by atoms with van der Waals surface area (Å²) < 4.78 is 159. The number of rotatable bonds is 8. The Labute approximate surface area is 237 Å². The van der Waals surface area contributed by atoms with Gasteiger partial charge in [0, 0.05) is 22.5 Å². The minimum atomic E-state index is -7.22. The highest BCUT2D eigenvalue weighted by molar-refractivity contribution is 5.58. The van der Waals surface area contributed by atoms with Crippen molar-refractivity contribution in [3.8, 4) is 23.0 Å². The lowest BCUT2D eigenvalue weighted by molar-refractivity contribution is -0.388. The molecule has 0 saturated carbocycles. The van der Waals surface area contributed by atoms with Gasteiger partial charge < -0.3 is 20.9 Å². The summed E-state index contributed by atoms with van der Waals surface area (Å²) in [5.41, 5.74) is 2.59. The predicted octanol–water partition coefficient (Wildman–Crippen LogP) is 9.12. The molecule has 4 aromatic rings. The Morgan fingerprint density at radius 2 is 0.767 bits per heavy atom. The molecule has 0 radical (unpaired) electrons. The van der Waals surface area contributed by atoms with Crippen molar-refractivity contribution in [3.05, 3.63) is 108 Å². The second-order valence-corrected chi connectivity index (χ2v) is 9.23. The fraction of sp³-hybridized carbons (Fsp3) is 0.172. The number of hydrogen-bond donors (Lipinski definition) is 2. The molecule has 0 atom stereocenters. The Morgan fingerprint density at radius 3 is 1.09 bits per heavy atom. The normalized spacial score (nSPS) is 13.1. The van der Waals surface area contributed by atoms with Crippen LogP contribution in [0, 0.1) is 0 Å². The van der Waals surface area contributed by atoms with Crippen molar-refractivity contribution in [1.29, 1.82) is 0 Å². The molecule has 0 aliphatic heterocycles. The Bertz CT molecular complexity index is 1480. The van der Waals surface area contributed by atoms with Gasteiger partial charge in [-0.1, -0.05) is 36.4 Å². The van der Waals surface area contributed by atoms with Gasteiger partial charge >= 0.3 is 24.2 Å². The largest absolute Gasteiger partial charge is 0.459 e. The van der Waals surface area contributed by atoms with Crippen LogP contribution in [0.2, 0.25) is 0 Å². The van der Waals surface area contributed by atoms with E-state index in [9.17, 15) is 22.0 Å². The molecule has 14 heteroatoms. The van der Waals surface area contributed by atoms with E-state index < -0.39 is 52.2 Å². The summed E-state index contributed by atoms with van der Waals surface area (Å²) in [6.45, 7) is 0. The Hall–Kier alpha value is -4.62. The molecule has 0 unspecified atom stereocenters. The third-order valence-corrected chi connectivity index (χ3v) is 6.44. The number of para-hydroxylation sites is 2. The zero-order valence-corrected chi connectivity index (χ0v) is 21.5. The van der Waals surface area contributed by atoms with Gasteiger partial charge in [0.25, 0.3) is 0 Å². The van der Waals surface area contributed by atoms with Gasteiger partial charge in [-0.15, -0.1) is 0 Å². The van der Waals surface area contributed by atoms with Crippen molar-refractivity contribution in [2.24, 2.45) is 0 Å². The average Bonchev–Trinajstić information content (AvgIpc) is 2.92. The second-order valence-electron chi connectivity index (χ2n) is 9.23. The van der Waals surface area contributed by atoms with Crippen LogP contribution in [0.1, 0.15) is 11.1 Å². The number of benzene rings is 4. The van der Waals surface area contributed by atoms with E-state index in [1.165, 1.54) is 24.3 Å². The first kappa shape index (κ1) is 31.3. The molecule has 0 bridgehead atoms. The molecule has 4 nitrogen and oxygen atoms in total. The fourth-order valence-electron chi connectivity index (χ4n) is 4.44. The van der Waals surface area contributed by atoms with Crippen LogP contribution < -0.4 is 20.9 Å². The molecular formula is C29H20F10N2O2. The summed E-state index contributed by atoms with van der Waals surface area (Å²) in [5, 5.41) is 0. The van der Waals surface area contributed by atoms with E-state index in [2.05, 4.69) is 0 Å². The summed E-state index contributed by atoms with van der Waals surface area (Å²) in [4.78, 5) is 0. The van der Waals surface area contributed by atoms with Crippen LogP contribution in [0.15, 0.2) is 97.1 Å². The van der Waals surface area contributed by atoms with Crippen molar-refractivity contribution < 1.29 is 53.4 Å². The van der Waals surface area contributed by atoms with Crippen molar-refractivity contribution >= 4 is 11.4 Å². The predicted molar refractivity (Wildman–Crippen MR) is 138 cm³/mol. The summed E-state index contributed by atoms with van der Waals surface area (Å²) in [7, 11) is 0. The van der Waals surface area contributed by atoms with Gasteiger partial charge in [0.05, 0.1) is 0 Å². The Kier molecular flexibility index (Phi) is 7.94. The van der Waals surface area contributed by atoms with Crippen LogP contribution in [-0.4, -0.2) is 24.2 Å². The smallest absolute Gasteiger partial charge is 0.457 e. The first-order valence-electron chi connectivity index (χ1n) is 12.1. The van der Waals surface area contributed by atoms with Crippen molar-refractivity contribution in [2.45, 2.75) is 29.6 Å². The van der Waals surface area contributed by atoms with E-state index in [0.717, 1.165) is 60.7 Å². The van der Waals surface area contributed by atoms with Gasteiger partial charge in [-0.2, -0.15) is 43.9 Å². The maximum atomic E-state index is 16.1. The third-order valence-electron chi connectivity index (χ3n) is 6.44. The highest BCUT2D eigenvalue weighted by Crippen LogP contribution is 2.65. The van der Waals surface area contributed by atoms with E-state index in [1.54, 1.807) is 0 Å². The van der Waals surface area contributed by atoms with Crippen LogP contribution in [0.25, 0.3) is 0 Å². The van der Waals surface area contributed by atoms with Crippen LogP contribution in [0.4, 0.5) is 55.3 Å². The van der Waals surface area contributed by atoms with Crippen molar-refractivity contribution in [1.82, 2.24) is 0 Å². The zero-order valence-electron chi connectivity index (χ0n) is 21.5. The molecule has 0 heterocycles. The lowest BCUT2D eigenvalue weighted by Crippen LogP contribution is -2.68. The molecule has 0 aromatic heterocycles. The van der Waals surface area contributed by atoms with Crippen LogP contribution >= 0.6 is 0 Å². The first-order chi connectivity index (χ1) is 19.9. The molecule has 0 spiro atoms. The zero-order chi connectivity index (χ0) is 31.8. The maximum Gasteiger partial charge on any atom is 0.459 e. The molecule has 0 fully saturated rings. The number of nitrogen functional groups attached to an aromatic ring is 2. The SMILES string of the molecule is Nc1ccc(Oc2ccccc2C(c2ccccc2Oc2ccc(N)cc2)(C(F)(F)F)C(F)(F)C(F)(F)C(F)(F)F)cc1. The molecule has 4 N–H and O–H groups in total. The number of alkyl halides is 10. The number of halogens is 10. The quantitative estimate of drug-likeness (QED) is 0.153. The lowest BCUT2D eigenvalue weighted by atomic mass is 9.66. The second kappa shape index (κ2) is 10.9. The molecule has 228 valence electrons. The number of anilines is 2. The standard InChI is InChI=1S/C29H20F10N2O2/c30-26(31,27(32,33)29(37,38)39)25(28(34,35)36,21-5-1-3-7-23(21)42-19-13-9-17(40)10-14-19)22-6-2-4-8-24(22)43-20-15-11-18(41)12-16-20/h1-16H,40-41H2. The first-order valence-corrected chi connectivity index (χ1v) is 12.1. The minimum absolute atomic E-state index is 0.176. The average molecular weight is 618 g/mol. The molecule has 0 saturated heterocycles. The van der Waals surface area contributed by atoms with Gasteiger partial charge in [0.1, 0.15) is 23.0 Å². The summed E-state index contributed by atoms with van der Waals surface area (Å²) in [6.07, 6.45) is -13.7. The Morgan fingerprint density at radius 1 is 0.419 bits per heavy atom. The molecule has 4 rings (SSSR count). The number of hydrogen-bond acceptors (Lipinski definition) is 4. The maximum absolute atomic E-state index is 16.1. The van der Waals surface area contributed by atoms with E-state index in [1.807, 2.05) is 0 Å².